The van der Waals surface area contributed by atoms with Crippen molar-refractivity contribution >= 4 is 5.91 Å². The second-order valence-electron chi connectivity index (χ2n) is 6.04. The van der Waals surface area contributed by atoms with Gasteiger partial charge in [0.1, 0.15) is 17.5 Å². The van der Waals surface area contributed by atoms with Crippen molar-refractivity contribution < 1.29 is 9.18 Å². The van der Waals surface area contributed by atoms with E-state index >= 15 is 0 Å². The molecule has 1 aromatic carbocycles. The largest absolute Gasteiger partial charge is 0.320 e. The van der Waals surface area contributed by atoms with Crippen LogP contribution >= 0.6 is 0 Å². The van der Waals surface area contributed by atoms with Gasteiger partial charge >= 0.3 is 0 Å². The lowest BCUT2D eigenvalue weighted by molar-refractivity contribution is -0.131. The van der Waals surface area contributed by atoms with Gasteiger partial charge in [-0.25, -0.2) is 4.39 Å². The van der Waals surface area contributed by atoms with E-state index in [-0.39, 0.29) is 17.9 Å². The molecule has 1 saturated carbocycles. The second-order valence-corrected chi connectivity index (χ2v) is 6.04. The molecule has 1 unspecified atom stereocenters. The predicted molar refractivity (Wildman–Crippen MR) is 79.1 cm³/mol. The summed E-state index contributed by atoms with van der Waals surface area (Å²) >= 11 is 0. The van der Waals surface area contributed by atoms with Gasteiger partial charge in [0.05, 0.1) is 0 Å². The molecular formula is C16H22FN3O. The van der Waals surface area contributed by atoms with Crippen LogP contribution in [0.5, 0.6) is 0 Å². The van der Waals surface area contributed by atoms with Crippen LogP contribution < -0.4 is 5.32 Å². The molecule has 1 aromatic rings. The Morgan fingerprint density at radius 3 is 2.76 bits per heavy atom. The van der Waals surface area contributed by atoms with E-state index in [1.54, 1.807) is 17.0 Å². The molecule has 2 fully saturated rings. The Labute approximate surface area is 124 Å². The van der Waals surface area contributed by atoms with E-state index in [2.05, 4.69) is 17.1 Å². The Bertz CT molecular complexity index is 544. The molecule has 1 heterocycles. The van der Waals surface area contributed by atoms with E-state index in [0.717, 1.165) is 25.9 Å². The highest BCUT2D eigenvalue weighted by Crippen LogP contribution is 2.46. The molecule has 114 valence electrons. The molecular weight excluding hydrogens is 269 g/mol. The van der Waals surface area contributed by atoms with E-state index in [9.17, 15) is 9.18 Å². The van der Waals surface area contributed by atoms with Crippen LogP contribution in [-0.2, 0) is 4.79 Å². The van der Waals surface area contributed by atoms with Gasteiger partial charge in [-0.15, -0.1) is 0 Å². The molecule has 1 aliphatic carbocycles. The predicted octanol–water partition coefficient (Wildman–Crippen LogP) is 1.74. The summed E-state index contributed by atoms with van der Waals surface area (Å²) in [4.78, 5) is 16.6. The number of hydrogen-bond acceptors (Lipinski definition) is 3. The first-order valence-electron chi connectivity index (χ1n) is 7.59. The van der Waals surface area contributed by atoms with Crippen LogP contribution in [0.2, 0.25) is 0 Å². The second kappa shape index (κ2) is 5.39. The van der Waals surface area contributed by atoms with Gasteiger partial charge in [-0.2, -0.15) is 0 Å². The average Bonchev–Trinajstić information content (AvgIpc) is 3.21. The normalized spacial score (nSPS) is 23.3. The standard InChI is InChI=1S/C16H22FN3O/c1-3-19(2)10-11-20-14(12-6-4-5-7-13(12)17)18-16(8-9-16)15(20)21/h4-7,14,18H,3,8-11H2,1-2H3. The fraction of sp³-hybridized carbons (Fsp3) is 0.562. The third kappa shape index (κ3) is 2.56. The Morgan fingerprint density at radius 1 is 1.43 bits per heavy atom. The first kappa shape index (κ1) is 14.5. The number of nitrogens with one attached hydrogen (secondary N) is 1. The zero-order valence-electron chi connectivity index (χ0n) is 12.6. The van der Waals surface area contributed by atoms with Crippen LogP contribution in [0.25, 0.3) is 0 Å². The lowest BCUT2D eigenvalue weighted by Gasteiger charge is -2.26. The lowest BCUT2D eigenvalue weighted by Crippen LogP contribution is -2.38. The molecule has 5 heteroatoms. The van der Waals surface area contributed by atoms with Crippen molar-refractivity contribution in [3.8, 4) is 0 Å². The van der Waals surface area contributed by atoms with Crippen molar-refractivity contribution in [1.82, 2.24) is 15.1 Å². The molecule has 1 spiro atoms. The van der Waals surface area contributed by atoms with Crippen LogP contribution in [0.1, 0.15) is 31.5 Å². The molecule has 0 aromatic heterocycles. The Morgan fingerprint density at radius 2 is 2.14 bits per heavy atom. The summed E-state index contributed by atoms with van der Waals surface area (Å²) in [6.07, 6.45) is 1.37. The highest BCUT2D eigenvalue weighted by molar-refractivity contribution is 5.92. The zero-order valence-corrected chi connectivity index (χ0v) is 12.6. The number of carbonyl (C=O) groups excluding carboxylic acids is 1. The highest BCUT2D eigenvalue weighted by Gasteiger charge is 2.59. The molecule has 21 heavy (non-hydrogen) atoms. The number of likely N-dealkylation sites (N-methyl/N-ethyl adjacent to an activating group) is 1. The van der Waals surface area contributed by atoms with Crippen LogP contribution in [0.15, 0.2) is 24.3 Å². The first-order valence-corrected chi connectivity index (χ1v) is 7.59. The molecule has 0 radical (unpaired) electrons. The van der Waals surface area contributed by atoms with E-state index < -0.39 is 5.54 Å². The van der Waals surface area contributed by atoms with Crippen molar-refractivity contribution in [2.75, 3.05) is 26.7 Å². The number of carbonyl (C=O) groups is 1. The van der Waals surface area contributed by atoms with Crippen LogP contribution in [-0.4, -0.2) is 47.9 Å². The maximum atomic E-state index is 14.1. The summed E-state index contributed by atoms with van der Waals surface area (Å²) in [5.74, 6) is -0.130. The third-order valence-electron chi connectivity index (χ3n) is 4.61. The van der Waals surface area contributed by atoms with Gasteiger partial charge in [0, 0.05) is 18.7 Å². The monoisotopic (exact) mass is 291 g/mol. The first-order chi connectivity index (χ1) is 10.1. The summed E-state index contributed by atoms with van der Waals surface area (Å²) < 4.78 is 14.1. The number of benzene rings is 1. The fourth-order valence-electron chi connectivity index (χ4n) is 2.89. The molecule has 1 saturated heterocycles. The van der Waals surface area contributed by atoms with Crippen LogP contribution in [0.4, 0.5) is 4.39 Å². The lowest BCUT2D eigenvalue weighted by atomic mass is 10.1. The molecule has 1 N–H and O–H groups in total. The molecule has 1 atom stereocenters. The number of nitrogens with zero attached hydrogens (tertiary/aromatic N) is 2. The number of hydrogen-bond donors (Lipinski definition) is 1. The SMILES string of the molecule is CCN(C)CCN1C(=O)C2(CC2)NC1c1ccccc1F. The number of amides is 1. The zero-order chi connectivity index (χ0) is 15.0. The number of rotatable bonds is 5. The molecule has 0 bridgehead atoms. The van der Waals surface area contributed by atoms with Gasteiger partial charge in [0.15, 0.2) is 0 Å². The van der Waals surface area contributed by atoms with E-state index in [4.69, 9.17) is 0 Å². The molecule has 1 amide bonds. The number of halogens is 1. The minimum absolute atomic E-state index is 0.125. The highest BCUT2D eigenvalue weighted by atomic mass is 19.1. The summed E-state index contributed by atoms with van der Waals surface area (Å²) in [5, 5.41) is 3.36. The van der Waals surface area contributed by atoms with Crippen molar-refractivity contribution in [2.24, 2.45) is 0 Å². The van der Waals surface area contributed by atoms with Crippen molar-refractivity contribution in [2.45, 2.75) is 31.5 Å². The maximum Gasteiger partial charge on any atom is 0.244 e. The average molecular weight is 291 g/mol. The smallest absolute Gasteiger partial charge is 0.244 e. The summed E-state index contributed by atoms with van der Waals surface area (Å²) in [6.45, 7) is 4.44. The van der Waals surface area contributed by atoms with Gasteiger partial charge in [-0.05, 0) is 32.5 Å². The van der Waals surface area contributed by atoms with E-state index in [1.165, 1.54) is 6.07 Å². The quantitative estimate of drug-likeness (QED) is 0.897. The minimum Gasteiger partial charge on any atom is -0.320 e. The van der Waals surface area contributed by atoms with Gasteiger partial charge in [-0.1, -0.05) is 25.1 Å². The van der Waals surface area contributed by atoms with Crippen molar-refractivity contribution in [3.63, 3.8) is 0 Å². The maximum absolute atomic E-state index is 14.1. The van der Waals surface area contributed by atoms with E-state index in [1.807, 2.05) is 13.1 Å². The van der Waals surface area contributed by atoms with Gasteiger partial charge in [-0.3, -0.25) is 10.1 Å². The Hall–Kier alpha value is -1.46. The summed E-state index contributed by atoms with van der Waals surface area (Å²) in [5.41, 5.74) is 0.145. The molecule has 1 aliphatic heterocycles. The Kier molecular flexibility index (Phi) is 3.71. The van der Waals surface area contributed by atoms with Gasteiger partial charge in [0.25, 0.3) is 0 Å². The third-order valence-corrected chi connectivity index (χ3v) is 4.61. The summed E-state index contributed by atoms with van der Waals surface area (Å²) in [7, 11) is 2.03. The topological polar surface area (TPSA) is 35.6 Å². The molecule has 2 aliphatic rings. The fourth-order valence-corrected chi connectivity index (χ4v) is 2.89. The van der Waals surface area contributed by atoms with Crippen molar-refractivity contribution in [1.29, 1.82) is 0 Å². The molecule has 3 rings (SSSR count). The Balaban J connectivity index is 1.83. The van der Waals surface area contributed by atoms with Crippen LogP contribution in [0.3, 0.4) is 0 Å². The molecule has 4 nitrogen and oxygen atoms in total. The van der Waals surface area contributed by atoms with Crippen molar-refractivity contribution in [3.05, 3.63) is 35.6 Å². The van der Waals surface area contributed by atoms with E-state index in [0.29, 0.717) is 12.1 Å². The van der Waals surface area contributed by atoms with Gasteiger partial charge in [0.2, 0.25) is 5.91 Å². The summed E-state index contributed by atoms with van der Waals surface area (Å²) in [6, 6.07) is 6.71. The minimum atomic E-state index is -0.419. The van der Waals surface area contributed by atoms with Gasteiger partial charge < -0.3 is 9.80 Å². The van der Waals surface area contributed by atoms with Crippen LogP contribution in [0, 0.1) is 5.82 Å².